The molecule has 0 aromatic heterocycles. The normalized spacial score (nSPS) is 19.1. The van der Waals surface area contributed by atoms with Crippen LogP contribution in [0.2, 0.25) is 0 Å². The van der Waals surface area contributed by atoms with Gasteiger partial charge in [0.15, 0.2) is 0 Å². The topological polar surface area (TPSA) is 12.0 Å². The van der Waals surface area contributed by atoms with Crippen molar-refractivity contribution in [1.82, 2.24) is 5.32 Å². The van der Waals surface area contributed by atoms with E-state index in [0.717, 1.165) is 37.9 Å². The van der Waals surface area contributed by atoms with E-state index in [9.17, 15) is 4.39 Å². The SMILES string of the molecule is CC(C)Cc1cccc(C(F)C2CCNCC2)c1. The number of halogens is 1. The molecule has 0 radical (unpaired) electrons. The molecule has 2 rings (SSSR count). The van der Waals surface area contributed by atoms with Gasteiger partial charge in [-0.3, -0.25) is 0 Å². The minimum atomic E-state index is -0.792. The molecule has 1 fully saturated rings. The van der Waals surface area contributed by atoms with Gasteiger partial charge in [-0.25, -0.2) is 4.39 Å². The van der Waals surface area contributed by atoms with E-state index in [-0.39, 0.29) is 5.92 Å². The lowest BCUT2D eigenvalue weighted by Crippen LogP contribution is -2.29. The second-order valence-electron chi connectivity index (χ2n) is 5.83. The Morgan fingerprint density at radius 2 is 2.00 bits per heavy atom. The number of hydrogen-bond donors (Lipinski definition) is 1. The van der Waals surface area contributed by atoms with Gasteiger partial charge in [-0.15, -0.1) is 0 Å². The molecule has 18 heavy (non-hydrogen) atoms. The molecule has 1 atom stereocenters. The maximum absolute atomic E-state index is 14.5. The van der Waals surface area contributed by atoms with Crippen molar-refractivity contribution < 1.29 is 4.39 Å². The first-order chi connectivity index (χ1) is 8.66. The maximum Gasteiger partial charge on any atom is 0.128 e. The molecule has 1 nitrogen and oxygen atoms in total. The third kappa shape index (κ3) is 3.55. The Hall–Kier alpha value is -0.890. The lowest BCUT2D eigenvalue weighted by atomic mass is 9.88. The Kier molecular flexibility index (Phi) is 4.76. The molecule has 1 heterocycles. The Labute approximate surface area is 110 Å². The van der Waals surface area contributed by atoms with Crippen LogP contribution in [0, 0.1) is 11.8 Å². The summed E-state index contributed by atoms with van der Waals surface area (Å²) in [5, 5.41) is 3.29. The van der Waals surface area contributed by atoms with E-state index in [1.807, 2.05) is 12.1 Å². The summed E-state index contributed by atoms with van der Waals surface area (Å²) in [5.74, 6) is 0.817. The van der Waals surface area contributed by atoms with Gasteiger partial charge >= 0.3 is 0 Å². The van der Waals surface area contributed by atoms with Gasteiger partial charge in [-0.1, -0.05) is 38.1 Å². The van der Waals surface area contributed by atoms with E-state index in [4.69, 9.17) is 0 Å². The van der Waals surface area contributed by atoms with Crippen molar-refractivity contribution in [1.29, 1.82) is 0 Å². The number of alkyl halides is 1. The van der Waals surface area contributed by atoms with Crippen LogP contribution < -0.4 is 5.32 Å². The second-order valence-corrected chi connectivity index (χ2v) is 5.83. The lowest BCUT2D eigenvalue weighted by Gasteiger charge is -2.26. The molecule has 1 N–H and O–H groups in total. The molecule has 1 aliphatic heterocycles. The van der Waals surface area contributed by atoms with Crippen molar-refractivity contribution in [2.45, 2.75) is 39.3 Å². The molecule has 2 heteroatoms. The molecule has 100 valence electrons. The second kappa shape index (κ2) is 6.33. The average molecular weight is 249 g/mol. The van der Waals surface area contributed by atoms with Crippen LogP contribution in [0.25, 0.3) is 0 Å². The minimum absolute atomic E-state index is 0.195. The van der Waals surface area contributed by atoms with E-state index in [1.54, 1.807) is 0 Å². The fourth-order valence-corrected chi connectivity index (χ4v) is 2.77. The van der Waals surface area contributed by atoms with E-state index in [2.05, 4.69) is 31.3 Å². The van der Waals surface area contributed by atoms with Crippen LogP contribution in [-0.2, 0) is 6.42 Å². The molecule has 0 amide bonds. The summed E-state index contributed by atoms with van der Waals surface area (Å²) in [4.78, 5) is 0. The zero-order valence-electron chi connectivity index (χ0n) is 11.5. The number of rotatable bonds is 4. The number of nitrogens with one attached hydrogen (secondary N) is 1. The van der Waals surface area contributed by atoms with Crippen LogP contribution in [0.15, 0.2) is 24.3 Å². The lowest BCUT2D eigenvalue weighted by molar-refractivity contribution is 0.190. The molecule has 1 unspecified atom stereocenters. The molecule has 0 spiro atoms. The van der Waals surface area contributed by atoms with E-state index in [1.165, 1.54) is 5.56 Å². The smallest absolute Gasteiger partial charge is 0.128 e. The summed E-state index contributed by atoms with van der Waals surface area (Å²) in [6, 6.07) is 8.11. The van der Waals surface area contributed by atoms with E-state index in [0.29, 0.717) is 5.92 Å². The Balaban J connectivity index is 2.06. The standard InChI is InChI=1S/C16H24FN/c1-12(2)10-13-4-3-5-15(11-13)16(17)14-6-8-18-9-7-14/h3-5,11-12,14,16,18H,6-10H2,1-2H3. The summed E-state index contributed by atoms with van der Waals surface area (Å²) < 4.78 is 14.5. The molecule has 0 bridgehead atoms. The van der Waals surface area contributed by atoms with Crippen LogP contribution in [0.5, 0.6) is 0 Å². The summed E-state index contributed by atoms with van der Waals surface area (Å²) in [7, 11) is 0. The van der Waals surface area contributed by atoms with Crippen molar-refractivity contribution in [2.24, 2.45) is 11.8 Å². The van der Waals surface area contributed by atoms with Crippen LogP contribution in [0.3, 0.4) is 0 Å². The molecule has 1 aromatic carbocycles. The van der Waals surface area contributed by atoms with Gasteiger partial charge in [-0.05, 0) is 55.3 Å². The highest BCUT2D eigenvalue weighted by Gasteiger charge is 2.24. The molecule has 1 aliphatic rings. The maximum atomic E-state index is 14.5. The van der Waals surface area contributed by atoms with Gasteiger partial charge in [0.1, 0.15) is 6.17 Å². The van der Waals surface area contributed by atoms with Crippen molar-refractivity contribution in [3.05, 3.63) is 35.4 Å². The summed E-state index contributed by atoms with van der Waals surface area (Å²) in [6.07, 6.45) is 2.15. The van der Waals surface area contributed by atoms with Crippen molar-refractivity contribution in [3.8, 4) is 0 Å². The first-order valence-electron chi connectivity index (χ1n) is 7.10. The monoisotopic (exact) mass is 249 g/mol. The third-order valence-electron chi connectivity index (χ3n) is 3.71. The summed E-state index contributed by atoms with van der Waals surface area (Å²) in [6.45, 7) is 6.31. The zero-order chi connectivity index (χ0) is 13.0. The summed E-state index contributed by atoms with van der Waals surface area (Å²) in [5.41, 5.74) is 2.14. The van der Waals surface area contributed by atoms with Gasteiger partial charge in [0.05, 0.1) is 0 Å². The molecule has 0 saturated carbocycles. The predicted octanol–water partition coefficient (Wildman–Crippen LogP) is 3.90. The number of piperidine rings is 1. The van der Waals surface area contributed by atoms with Crippen LogP contribution in [0.4, 0.5) is 4.39 Å². The molecule has 1 saturated heterocycles. The number of hydrogen-bond acceptors (Lipinski definition) is 1. The highest BCUT2D eigenvalue weighted by Crippen LogP contribution is 2.32. The Bertz CT molecular complexity index is 369. The van der Waals surface area contributed by atoms with Gasteiger partial charge in [0.25, 0.3) is 0 Å². The van der Waals surface area contributed by atoms with Crippen molar-refractivity contribution in [3.63, 3.8) is 0 Å². The summed E-state index contributed by atoms with van der Waals surface area (Å²) >= 11 is 0. The van der Waals surface area contributed by atoms with E-state index < -0.39 is 6.17 Å². The molecular weight excluding hydrogens is 225 g/mol. The predicted molar refractivity (Wildman–Crippen MR) is 74.4 cm³/mol. The molecule has 1 aromatic rings. The zero-order valence-corrected chi connectivity index (χ0v) is 11.5. The quantitative estimate of drug-likeness (QED) is 0.853. The van der Waals surface area contributed by atoms with Gasteiger partial charge < -0.3 is 5.32 Å². The van der Waals surface area contributed by atoms with Gasteiger partial charge in [0, 0.05) is 0 Å². The first-order valence-corrected chi connectivity index (χ1v) is 7.10. The molecular formula is C16H24FN. The highest BCUT2D eigenvalue weighted by molar-refractivity contribution is 5.26. The number of benzene rings is 1. The van der Waals surface area contributed by atoms with Crippen LogP contribution in [-0.4, -0.2) is 13.1 Å². The first kappa shape index (κ1) is 13.5. The minimum Gasteiger partial charge on any atom is -0.317 e. The Morgan fingerprint density at radius 1 is 1.28 bits per heavy atom. The van der Waals surface area contributed by atoms with Crippen molar-refractivity contribution >= 4 is 0 Å². The molecule has 0 aliphatic carbocycles. The van der Waals surface area contributed by atoms with Crippen molar-refractivity contribution in [2.75, 3.05) is 13.1 Å². The van der Waals surface area contributed by atoms with Crippen LogP contribution in [0.1, 0.15) is 44.0 Å². The largest absolute Gasteiger partial charge is 0.317 e. The average Bonchev–Trinajstić information content (AvgIpc) is 2.38. The van der Waals surface area contributed by atoms with E-state index >= 15 is 0 Å². The fraction of sp³-hybridized carbons (Fsp3) is 0.625. The van der Waals surface area contributed by atoms with Gasteiger partial charge in [-0.2, -0.15) is 0 Å². The third-order valence-corrected chi connectivity index (χ3v) is 3.71. The highest BCUT2D eigenvalue weighted by atomic mass is 19.1. The fourth-order valence-electron chi connectivity index (χ4n) is 2.77. The van der Waals surface area contributed by atoms with Gasteiger partial charge in [0.2, 0.25) is 0 Å². The van der Waals surface area contributed by atoms with Crippen LogP contribution >= 0.6 is 0 Å². The Morgan fingerprint density at radius 3 is 2.67 bits per heavy atom.